The van der Waals surface area contributed by atoms with Gasteiger partial charge in [-0.05, 0) is 200 Å². The van der Waals surface area contributed by atoms with Crippen LogP contribution in [0, 0.1) is 0 Å². The van der Waals surface area contributed by atoms with Crippen LogP contribution < -0.4 is 19.6 Å². The Bertz CT molecular complexity index is 4910. The molecule has 0 heterocycles. The average molecular weight is 1230 g/mol. The number of rotatable bonds is 17. The van der Waals surface area contributed by atoms with Gasteiger partial charge in [-0.15, -0.1) is 0 Å². The summed E-state index contributed by atoms with van der Waals surface area (Å²) in [5.74, 6) is 0. The zero-order valence-corrected chi connectivity index (χ0v) is 52.9. The highest BCUT2D eigenvalue weighted by Gasteiger charge is 2.20. The van der Waals surface area contributed by atoms with Crippen LogP contribution in [0.1, 0.15) is 0 Å². The van der Waals surface area contributed by atoms with Crippen molar-refractivity contribution in [2.24, 2.45) is 0 Å². The van der Waals surface area contributed by atoms with Crippen LogP contribution in [0.5, 0.6) is 0 Å². The fourth-order valence-electron chi connectivity index (χ4n) is 13.4. The van der Waals surface area contributed by atoms with Crippen molar-refractivity contribution in [1.29, 1.82) is 0 Å². The first-order chi connectivity index (χ1) is 47.6. The third kappa shape index (κ3) is 11.9. The van der Waals surface area contributed by atoms with E-state index < -0.39 is 0 Å². The normalized spacial score (nSPS) is 11.1. The predicted molar refractivity (Wildman–Crippen MR) is 407 cm³/mol. The standard InChI is InChI=1S/C92H66N4/c1-5-19-67(20-6-1)69-35-51-81(52-36-69)93(85-59-43-73(44-60-85)75-47-63-87(64-48-75)95(79-27-9-3-10-28-79)91-33-17-25-77-23-13-15-31-89(77)91)83-55-39-71(40-56-83)72-41-57-84(58-42-72)94(82-53-37-70(38-54-82)68-21-7-2-8-22-68)86-61-45-74(46-62-86)76-49-65-88(66-50-76)96(80-29-11-4-12-30-80)92-34-18-26-78-24-14-16-32-90(78)92/h1-66H. The van der Waals surface area contributed by atoms with Crippen molar-refractivity contribution in [2.75, 3.05) is 19.6 Å². The van der Waals surface area contributed by atoms with Crippen LogP contribution in [0.3, 0.4) is 0 Å². The minimum Gasteiger partial charge on any atom is -0.311 e. The number of benzene rings is 16. The summed E-state index contributed by atoms with van der Waals surface area (Å²) < 4.78 is 0. The SMILES string of the molecule is c1ccc(-c2ccc(N(c3ccc(-c4ccc(N(c5ccc(-c6ccccc6)cc5)c5ccc(-c6ccc(N(c7ccccc7)c7cccc8ccccc78)cc6)cc5)cc4)cc3)c3ccc(-c4ccc(N(c5ccccc5)c5cccc6ccccc56)cc4)cc3)cc2)cc1. The van der Waals surface area contributed by atoms with Gasteiger partial charge in [-0.3, -0.25) is 0 Å². The average Bonchev–Trinajstić information content (AvgIpc) is 0.803. The Morgan fingerprint density at radius 1 is 0.115 bits per heavy atom. The Labute approximate surface area is 562 Å². The van der Waals surface area contributed by atoms with Gasteiger partial charge in [0.1, 0.15) is 0 Å². The van der Waals surface area contributed by atoms with Crippen molar-refractivity contribution in [2.45, 2.75) is 0 Å². The summed E-state index contributed by atoms with van der Waals surface area (Å²) in [5, 5.41) is 4.84. The zero-order valence-electron chi connectivity index (χ0n) is 52.9. The van der Waals surface area contributed by atoms with Gasteiger partial charge in [-0.1, -0.05) is 267 Å². The molecular weight excluding hydrogens is 1160 g/mol. The van der Waals surface area contributed by atoms with E-state index in [9.17, 15) is 0 Å². The minimum atomic E-state index is 1.06. The molecule has 0 aliphatic heterocycles. The number of nitrogens with zero attached hydrogens (tertiary/aromatic N) is 4. The molecule has 0 aliphatic carbocycles. The van der Waals surface area contributed by atoms with Crippen LogP contribution in [0.15, 0.2) is 400 Å². The summed E-state index contributed by atoms with van der Waals surface area (Å²) in [5.41, 5.74) is 24.7. The van der Waals surface area contributed by atoms with E-state index in [1.54, 1.807) is 0 Å². The van der Waals surface area contributed by atoms with Gasteiger partial charge < -0.3 is 19.6 Å². The second-order valence-electron chi connectivity index (χ2n) is 24.1. The molecule has 0 atom stereocenters. The molecule has 0 N–H and O–H groups in total. The van der Waals surface area contributed by atoms with E-state index >= 15 is 0 Å². The van der Waals surface area contributed by atoms with Gasteiger partial charge in [-0.25, -0.2) is 0 Å². The molecular formula is C92H66N4. The molecule has 0 radical (unpaired) electrons. The van der Waals surface area contributed by atoms with E-state index in [0.717, 1.165) is 102 Å². The molecule has 0 unspecified atom stereocenters. The van der Waals surface area contributed by atoms with Crippen LogP contribution in [0.25, 0.3) is 77.2 Å². The molecule has 4 nitrogen and oxygen atoms in total. The van der Waals surface area contributed by atoms with Crippen molar-refractivity contribution >= 4 is 89.8 Å². The van der Waals surface area contributed by atoms with Crippen molar-refractivity contribution in [3.05, 3.63) is 400 Å². The van der Waals surface area contributed by atoms with E-state index in [1.165, 1.54) is 43.8 Å². The highest BCUT2D eigenvalue weighted by Crippen LogP contribution is 2.44. The Morgan fingerprint density at radius 2 is 0.292 bits per heavy atom. The van der Waals surface area contributed by atoms with Crippen molar-refractivity contribution in [1.82, 2.24) is 0 Å². The lowest BCUT2D eigenvalue weighted by molar-refractivity contribution is 1.28. The summed E-state index contributed by atoms with van der Waals surface area (Å²) in [7, 11) is 0. The van der Waals surface area contributed by atoms with Gasteiger partial charge in [-0.2, -0.15) is 0 Å². The molecule has 16 aromatic carbocycles. The van der Waals surface area contributed by atoms with Crippen LogP contribution in [-0.2, 0) is 0 Å². The van der Waals surface area contributed by atoms with Gasteiger partial charge in [0, 0.05) is 67.6 Å². The molecule has 0 bridgehead atoms. The Hall–Kier alpha value is -12.8. The molecule has 4 heteroatoms. The number of hydrogen-bond donors (Lipinski definition) is 0. The fraction of sp³-hybridized carbons (Fsp3) is 0. The molecule has 0 aliphatic rings. The van der Waals surface area contributed by atoms with E-state index in [1.807, 2.05) is 0 Å². The Kier molecular flexibility index (Phi) is 16.1. The zero-order chi connectivity index (χ0) is 64.0. The molecule has 96 heavy (non-hydrogen) atoms. The summed E-state index contributed by atoms with van der Waals surface area (Å²) in [4.78, 5) is 9.41. The lowest BCUT2D eigenvalue weighted by Gasteiger charge is -2.27. The van der Waals surface area contributed by atoms with Gasteiger partial charge in [0.25, 0.3) is 0 Å². The van der Waals surface area contributed by atoms with E-state index in [0.29, 0.717) is 0 Å². The van der Waals surface area contributed by atoms with E-state index in [4.69, 9.17) is 0 Å². The van der Waals surface area contributed by atoms with Crippen molar-refractivity contribution in [3.8, 4) is 55.6 Å². The highest BCUT2D eigenvalue weighted by atomic mass is 15.2. The fourth-order valence-corrected chi connectivity index (χ4v) is 13.4. The first-order valence-electron chi connectivity index (χ1n) is 32.8. The maximum atomic E-state index is 2.35. The lowest BCUT2D eigenvalue weighted by Crippen LogP contribution is -2.10. The summed E-state index contributed by atoms with van der Waals surface area (Å²) in [6, 6.07) is 144. The maximum absolute atomic E-state index is 2.35. The first kappa shape index (κ1) is 58.3. The van der Waals surface area contributed by atoms with E-state index in [-0.39, 0.29) is 0 Å². The summed E-state index contributed by atoms with van der Waals surface area (Å²) >= 11 is 0. The number of para-hydroxylation sites is 2. The smallest absolute Gasteiger partial charge is 0.0540 e. The van der Waals surface area contributed by atoms with Crippen LogP contribution in [0.4, 0.5) is 68.2 Å². The van der Waals surface area contributed by atoms with Gasteiger partial charge in [0.05, 0.1) is 11.4 Å². The second kappa shape index (κ2) is 26.5. The molecule has 0 saturated heterocycles. The minimum absolute atomic E-state index is 1.06. The highest BCUT2D eigenvalue weighted by molar-refractivity contribution is 6.00. The summed E-state index contributed by atoms with van der Waals surface area (Å²) in [6.07, 6.45) is 0. The van der Waals surface area contributed by atoms with Gasteiger partial charge in [0.2, 0.25) is 0 Å². The molecule has 16 rings (SSSR count). The topological polar surface area (TPSA) is 13.0 Å². The Balaban J connectivity index is 0.686. The molecule has 0 amide bonds. The maximum Gasteiger partial charge on any atom is 0.0540 e. The van der Waals surface area contributed by atoms with Crippen LogP contribution in [-0.4, -0.2) is 0 Å². The first-order valence-corrected chi connectivity index (χ1v) is 32.8. The van der Waals surface area contributed by atoms with Crippen molar-refractivity contribution in [3.63, 3.8) is 0 Å². The quantitative estimate of drug-likeness (QED) is 0.0901. The van der Waals surface area contributed by atoms with Crippen LogP contribution in [0.2, 0.25) is 0 Å². The number of fused-ring (bicyclic) bond motifs is 2. The third-order valence-electron chi connectivity index (χ3n) is 18.3. The molecule has 454 valence electrons. The third-order valence-corrected chi connectivity index (χ3v) is 18.3. The van der Waals surface area contributed by atoms with Crippen molar-refractivity contribution < 1.29 is 0 Å². The second-order valence-corrected chi connectivity index (χ2v) is 24.1. The summed E-state index contributed by atoms with van der Waals surface area (Å²) in [6.45, 7) is 0. The lowest BCUT2D eigenvalue weighted by atomic mass is 10.0. The molecule has 0 saturated carbocycles. The molecule has 16 aromatic rings. The largest absolute Gasteiger partial charge is 0.311 e. The number of hydrogen-bond acceptors (Lipinski definition) is 4. The monoisotopic (exact) mass is 1230 g/mol. The van der Waals surface area contributed by atoms with Gasteiger partial charge >= 0.3 is 0 Å². The Morgan fingerprint density at radius 3 is 0.542 bits per heavy atom. The number of anilines is 12. The predicted octanol–water partition coefficient (Wildman–Crippen LogP) is 26.2. The molecule has 0 aromatic heterocycles. The molecule has 0 fully saturated rings. The van der Waals surface area contributed by atoms with Gasteiger partial charge in [0.15, 0.2) is 0 Å². The van der Waals surface area contributed by atoms with Crippen LogP contribution >= 0.6 is 0 Å². The van der Waals surface area contributed by atoms with E-state index in [2.05, 4.69) is 420 Å². The molecule has 0 spiro atoms.